The molecule has 0 saturated carbocycles. The second kappa shape index (κ2) is 11.8. The summed E-state index contributed by atoms with van der Waals surface area (Å²) in [6.45, 7) is 17.0. The average molecular weight is 331 g/mol. The molecule has 0 aromatic heterocycles. The van der Waals surface area contributed by atoms with E-state index in [9.17, 15) is 4.79 Å². The standard InChI is InChI=1S/C18H38N2O3/c1-17(2,3)15-23-13-8-7-12-22-14-9-16(21)19-10-11-20-18(4,5)6/h20H,7-15H2,1-6H3,(H,19,21). The van der Waals surface area contributed by atoms with Gasteiger partial charge in [0.15, 0.2) is 0 Å². The molecule has 5 heteroatoms. The zero-order chi connectivity index (χ0) is 17.8. The summed E-state index contributed by atoms with van der Waals surface area (Å²) in [7, 11) is 0. The van der Waals surface area contributed by atoms with Gasteiger partial charge < -0.3 is 20.1 Å². The Bertz CT molecular complexity index is 306. The molecule has 138 valence electrons. The molecule has 2 N–H and O–H groups in total. The zero-order valence-electron chi connectivity index (χ0n) is 16.1. The summed E-state index contributed by atoms with van der Waals surface area (Å²) in [6, 6.07) is 0. The Hall–Kier alpha value is -0.650. The molecule has 0 aromatic carbocycles. The van der Waals surface area contributed by atoms with Crippen LogP contribution < -0.4 is 10.6 Å². The van der Waals surface area contributed by atoms with Crippen molar-refractivity contribution >= 4 is 5.91 Å². The van der Waals surface area contributed by atoms with E-state index in [-0.39, 0.29) is 16.9 Å². The van der Waals surface area contributed by atoms with Gasteiger partial charge in [-0.15, -0.1) is 0 Å². The number of rotatable bonds is 12. The van der Waals surface area contributed by atoms with Crippen molar-refractivity contribution in [1.29, 1.82) is 0 Å². The van der Waals surface area contributed by atoms with Gasteiger partial charge in [0.2, 0.25) is 5.91 Å². The number of unbranched alkanes of at least 4 members (excludes halogenated alkanes) is 1. The van der Waals surface area contributed by atoms with Crippen molar-refractivity contribution < 1.29 is 14.3 Å². The molecule has 0 rings (SSSR count). The highest BCUT2D eigenvalue weighted by atomic mass is 16.5. The maximum atomic E-state index is 11.6. The third-order valence-corrected chi connectivity index (χ3v) is 2.94. The van der Waals surface area contributed by atoms with Crippen LogP contribution in [0.2, 0.25) is 0 Å². The molecule has 0 spiro atoms. The number of ether oxygens (including phenoxy) is 2. The number of carbonyl (C=O) groups is 1. The first-order valence-corrected chi connectivity index (χ1v) is 8.77. The number of hydrogen-bond donors (Lipinski definition) is 2. The number of amides is 1. The lowest BCUT2D eigenvalue weighted by Gasteiger charge is -2.20. The van der Waals surface area contributed by atoms with Crippen molar-refractivity contribution in [2.24, 2.45) is 5.41 Å². The molecule has 5 nitrogen and oxygen atoms in total. The Morgan fingerprint density at radius 3 is 2.04 bits per heavy atom. The summed E-state index contributed by atoms with van der Waals surface area (Å²) in [4.78, 5) is 11.6. The molecule has 0 bridgehead atoms. The first-order chi connectivity index (χ1) is 10.6. The van der Waals surface area contributed by atoms with Crippen molar-refractivity contribution in [2.45, 2.75) is 66.3 Å². The molecule has 0 atom stereocenters. The lowest BCUT2D eigenvalue weighted by molar-refractivity contribution is -0.122. The van der Waals surface area contributed by atoms with E-state index < -0.39 is 0 Å². The summed E-state index contributed by atoms with van der Waals surface area (Å²) in [6.07, 6.45) is 2.40. The monoisotopic (exact) mass is 330 g/mol. The van der Waals surface area contributed by atoms with Crippen LogP contribution in [-0.2, 0) is 14.3 Å². The van der Waals surface area contributed by atoms with Crippen LogP contribution in [0.1, 0.15) is 60.8 Å². The van der Waals surface area contributed by atoms with Crippen LogP contribution in [0.3, 0.4) is 0 Å². The van der Waals surface area contributed by atoms with Gasteiger partial charge in [-0.05, 0) is 39.0 Å². The Labute approximate surface area is 142 Å². The van der Waals surface area contributed by atoms with Crippen molar-refractivity contribution in [3.8, 4) is 0 Å². The van der Waals surface area contributed by atoms with E-state index in [1.807, 2.05) is 0 Å². The average Bonchev–Trinajstić information content (AvgIpc) is 2.39. The molecule has 0 unspecified atom stereocenters. The van der Waals surface area contributed by atoms with Gasteiger partial charge in [-0.3, -0.25) is 4.79 Å². The predicted molar refractivity (Wildman–Crippen MR) is 95.7 cm³/mol. The van der Waals surface area contributed by atoms with Crippen LogP contribution in [0.25, 0.3) is 0 Å². The van der Waals surface area contributed by atoms with Gasteiger partial charge in [-0.25, -0.2) is 0 Å². The largest absolute Gasteiger partial charge is 0.381 e. The normalized spacial score (nSPS) is 12.4. The molecule has 23 heavy (non-hydrogen) atoms. The second-order valence-electron chi connectivity index (χ2n) is 8.21. The first kappa shape index (κ1) is 22.4. The van der Waals surface area contributed by atoms with Gasteiger partial charge >= 0.3 is 0 Å². The highest BCUT2D eigenvalue weighted by molar-refractivity contribution is 5.75. The van der Waals surface area contributed by atoms with Gasteiger partial charge in [0.05, 0.1) is 13.2 Å². The maximum absolute atomic E-state index is 11.6. The molecule has 0 radical (unpaired) electrons. The molecule has 0 heterocycles. The van der Waals surface area contributed by atoms with E-state index in [4.69, 9.17) is 9.47 Å². The zero-order valence-corrected chi connectivity index (χ0v) is 16.1. The summed E-state index contributed by atoms with van der Waals surface area (Å²) in [5, 5.41) is 6.22. The lowest BCUT2D eigenvalue weighted by atomic mass is 9.99. The minimum Gasteiger partial charge on any atom is -0.381 e. The minimum absolute atomic E-state index is 0.0502. The Kier molecular flexibility index (Phi) is 11.5. The molecule has 0 aromatic rings. The minimum atomic E-state index is 0.0502. The smallest absolute Gasteiger partial charge is 0.222 e. The van der Waals surface area contributed by atoms with Crippen LogP contribution in [0.4, 0.5) is 0 Å². The molecule has 0 fully saturated rings. The summed E-state index contributed by atoms with van der Waals surface area (Å²) < 4.78 is 11.1. The van der Waals surface area contributed by atoms with Crippen molar-refractivity contribution in [2.75, 3.05) is 39.5 Å². The van der Waals surface area contributed by atoms with E-state index in [0.717, 1.165) is 32.6 Å². The van der Waals surface area contributed by atoms with Gasteiger partial charge in [-0.1, -0.05) is 20.8 Å². The van der Waals surface area contributed by atoms with Crippen LogP contribution in [-0.4, -0.2) is 51.0 Å². The summed E-state index contributed by atoms with van der Waals surface area (Å²) >= 11 is 0. The lowest BCUT2D eigenvalue weighted by Crippen LogP contribution is -2.41. The van der Waals surface area contributed by atoms with E-state index in [1.165, 1.54) is 0 Å². The topological polar surface area (TPSA) is 59.6 Å². The molecular formula is C18H38N2O3. The van der Waals surface area contributed by atoms with Crippen LogP contribution >= 0.6 is 0 Å². The number of nitrogens with one attached hydrogen (secondary N) is 2. The van der Waals surface area contributed by atoms with Gasteiger partial charge in [0, 0.05) is 38.3 Å². The van der Waals surface area contributed by atoms with E-state index in [2.05, 4.69) is 52.2 Å². The fraction of sp³-hybridized carbons (Fsp3) is 0.944. The predicted octanol–water partition coefficient (Wildman–Crippen LogP) is 2.74. The quantitative estimate of drug-likeness (QED) is 0.540. The van der Waals surface area contributed by atoms with Crippen LogP contribution in [0.5, 0.6) is 0 Å². The molecule has 0 aliphatic heterocycles. The van der Waals surface area contributed by atoms with Gasteiger partial charge in [0.25, 0.3) is 0 Å². The maximum Gasteiger partial charge on any atom is 0.222 e. The fourth-order valence-electron chi connectivity index (χ4n) is 1.78. The van der Waals surface area contributed by atoms with Gasteiger partial charge in [0.1, 0.15) is 0 Å². The number of hydrogen-bond acceptors (Lipinski definition) is 4. The van der Waals surface area contributed by atoms with Crippen LogP contribution in [0, 0.1) is 5.41 Å². The molecule has 0 aliphatic rings. The van der Waals surface area contributed by atoms with Gasteiger partial charge in [-0.2, -0.15) is 0 Å². The fourth-order valence-corrected chi connectivity index (χ4v) is 1.78. The highest BCUT2D eigenvalue weighted by Gasteiger charge is 2.09. The third-order valence-electron chi connectivity index (χ3n) is 2.94. The third kappa shape index (κ3) is 19.3. The first-order valence-electron chi connectivity index (χ1n) is 8.77. The Balaban J connectivity index is 3.30. The SMILES string of the molecule is CC(C)(C)COCCCCOCCC(=O)NCCNC(C)(C)C. The Morgan fingerprint density at radius 2 is 1.48 bits per heavy atom. The summed E-state index contributed by atoms with van der Waals surface area (Å²) in [5.41, 5.74) is 0.316. The van der Waals surface area contributed by atoms with Crippen molar-refractivity contribution in [3.05, 3.63) is 0 Å². The van der Waals surface area contributed by atoms with E-state index >= 15 is 0 Å². The van der Waals surface area contributed by atoms with Crippen molar-refractivity contribution in [3.63, 3.8) is 0 Å². The highest BCUT2D eigenvalue weighted by Crippen LogP contribution is 2.12. The molecule has 1 amide bonds. The molecule has 0 saturated heterocycles. The summed E-state index contributed by atoms with van der Waals surface area (Å²) in [5.74, 6) is 0.0502. The number of carbonyl (C=O) groups excluding carboxylic acids is 1. The van der Waals surface area contributed by atoms with Crippen LogP contribution in [0.15, 0.2) is 0 Å². The van der Waals surface area contributed by atoms with E-state index in [0.29, 0.717) is 26.2 Å². The molecular weight excluding hydrogens is 292 g/mol. The second-order valence-corrected chi connectivity index (χ2v) is 8.21. The van der Waals surface area contributed by atoms with E-state index in [1.54, 1.807) is 0 Å². The Morgan fingerprint density at radius 1 is 0.870 bits per heavy atom. The molecule has 0 aliphatic carbocycles. The van der Waals surface area contributed by atoms with Crippen molar-refractivity contribution in [1.82, 2.24) is 10.6 Å².